The fraction of sp³-hybridized carbons (Fsp3) is 0.350. The number of amides is 2. The minimum atomic E-state index is -0.513. The zero-order chi connectivity index (χ0) is 19.1. The van der Waals surface area contributed by atoms with Crippen LogP contribution in [-0.4, -0.2) is 30.9 Å². The zero-order valence-corrected chi connectivity index (χ0v) is 15.7. The first kappa shape index (κ1) is 19.1. The molecule has 1 aliphatic rings. The molecule has 0 fully saturated rings. The lowest BCUT2D eigenvalue weighted by Crippen LogP contribution is -2.34. The third-order valence-corrected chi connectivity index (χ3v) is 5.30. The SMILES string of the molecule is O=C(COC(=O)CCNC(=O)c1cccs1)NC1CCCc2ccccc21. The summed E-state index contributed by atoms with van der Waals surface area (Å²) < 4.78 is 5.01. The number of aryl methyl sites for hydroxylation is 1. The molecule has 0 saturated carbocycles. The molecule has 0 bridgehead atoms. The molecule has 6 nitrogen and oxygen atoms in total. The maximum absolute atomic E-state index is 12.1. The summed E-state index contributed by atoms with van der Waals surface area (Å²) in [6, 6.07) is 11.5. The van der Waals surface area contributed by atoms with Crippen LogP contribution in [0.5, 0.6) is 0 Å². The van der Waals surface area contributed by atoms with Crippen LogP contribution < -0.4 is 10.6 Å². The average Bonchev–Trinajstić information content (AvgIpc) is 3.21. The zero-order valence-electron chi connectivity index (χ0n) is 14.9. The molecular formula is C20H22N2O4S. The van der Waals surface area contributed by atoms with Crippen molar-refractivity contribution < 1.29 is 19.1 Å². The van der Waals surface area contributed by atoms with Crippen LogP contribution in [0.1, 0.15) is 46.1 Å². The van der Waals surface area contributed by atoms with Gasteiger partial charge in [0.15, 0.2) is 6.61 Å². The molecule has 3 rings (SSSR count). The number of benzene rings is 1. The third-order valence-electron chi connectivity index (χ3n) is 4.43. The van der Waals surface area contributed by atoms with Gasteiger partial charge in [0.25, 0.3) is 11.8 Å². The Morgan fingerprint density at radius 2 is 2.00 bits per heavy atom. The summed E-state index contributed by atoms with van der Waals surface area (Å²) in [7, 11) is 0. The number of hydrogen-bond acceptors (Lipinski definition) is 5. The monoisotopic (exact) mass is 386 g/mol. The normalized spacial score (nSPS) is 15.5. The van der Waals surface area contributed by atoms with E-state index in [9.17, 15) is 14.4 Å². The van der Waals surface area contributed by atoms with Crippen molar-refractivity contribution in [3.05, 3.63) is 57.8 Å². The topological polar surface area (TPSA) is 84.5 Å². The molecule has 142 valence electrons. The maximum atomic E-state index is 12.1. The predicted molar refractivity (Wildman–Crippen MR) is 102 cm³/mol. The molecule has 1 aromatic carbocycles. The minimum Gasteiger partial charge on any atom is -0.456 e. The summed E-state index contributed by atoms with van der Waals surface area (Å²) in [5, 5.41) is 7.40. The Labute approximate surface area is 161 Å². The molecule has 1 aromatic heterocycles. The maximum Gasteiger partial charge on any atom is 0.308 e. The number of rotatable bonds is 7. The van der Waals surface area contributed by atoms with Crippen LogP contribution in [0.3, 0.4) is 0 Å². The Bertz CT molecular complexity index is 804. The predicted octanol–water partition coefficient (Wildman–Crippen LogP) is 2.61. The van der Waals surface area contributed by atoms with E-state index >= 15 is 0 Å². The number of hydrogen-bond donors (Lipinski definition) is 2. The van der Waals surface area contributed by atoms with Gasteiger partial charge in [-0.3, -0.25) is 14.4 Å². The smallest absolute Gasteiger partial charge is 0.308 e. The van der Waals surface area contributed by atoms with Crippen LogP contribution in [0, 0.1) is 0 Å². The Hall–Kier alpha value is -2.67. The van der Waals surface area contributed by atoms with Crippen LogP contribution in [0.25, 0.3) is 0 Å². The van der Waals surface area contributed by atoms with Crippen LogP contribution in [0.4, 0.5) is 0 Å². The second-order valence-electron chi connectivity index (χ2n) is 6.36. The molecule has 0 radical (unpaired) electrons. The number of carbonyl (C=O) groups excluding carboxylic acids is 3. The van der Waals surface area contributed by atoms with Crippen molar-refractivity contribution in [1.29, 1.82) is 0 Å². The Morgan fingerprint density at radius 3 is 2.81 bits per heavy atom. The van der Waals surface area contributed by atoms with Gasteiger partial charge in [0.05, 0.1) is 17.3 Å². The van der Waals surface area contributed by atoms with Gasteiger partial charge in [0, 0.05) is 6.54 Å². The van der Waals surface area contributed by atoms with Gasteiger partial charge in [0.2, 0.25) is 0 Å². The molecule has 0 aliphatic heterocycles. The highest BCUT2D eigenvalue weighted by atomic mass is 32.1. The molecule has 7 heteroatoms. The first-order valence-electron chi connectivity index (χ1n) is 8.98. The van der Waals surface area contributed by atoms with Gasteiger partial charge in [-0.1, -0.05) is 30.3 Å². The van der Waals surface area contributed by atoms with Gasteiger partial charge in [-0.05, 0) is 41.8 Å². The van der Waals surface area contributed by atoms with Gasteiger partial charge in [-0.15, -0.1) is 11.3 Å². The van der Waals surface area contributed by atoms with Gasteiger partial charge < -0.3 is 15.4 Å². The van der Waals surface area contributed by atoms with Gasteiger partial charge in [0.1, 0.15) is 0 Å². The first-order valence-corrected chi connectivity index (χ1v) is 9.86. The molecule has 1 heterocycles. The van der Waals surface area contributed by atoms with E-state index in [1.807, 2.05) is 23.6 Å². The van der Waals surface area contributed by atoms with E-state index in [2.05, 4.69) is 16.7 Å². The number of thiophene rings is 1. The Morgan fingerprint density at radius 1 is 1.15 bits per heavy atom. The third kappa shape index (κ3) is 5.40. The fourth-order valence-electron chi connectivity index (χ4n) is 3.13. The quantitative estimate of drug-likeness (QED) is 0.717. The second kappa shape index (κ2) is 9.32. The molecular weight excluding hydrogens is 364 g/mol. The molecule has 2 aromatic rings. The highest BCUT2D eigenvalue weighted by Gasteiger charge is 2.21. The lowest BCUT2D eigenvalue weighted by molar-refractivity contribution is -0.148. The second-order valence-corrected chi connectivity index (χ2v) is 7.30. The summed E-state index contributed by atoms with van der Waals surface area (Å²) in [6.07, 6.45) is 2.95. The van der Waals surface area contributed by atoms with Crippen molar-refractivity contribution in [2.45, 2.75) is 31.7 Å². The van der Waals surface area contributed by atoms with Crippen LogP contribution >= 0.6 is 11.3 Å². The Kier molecular flexibility index (Phi) is 6.59. The summed E-state index contributed by atoms with van der Waals surface area (Å²) in [5.74, 6) is -1.04. The van der Waals surface area contributed by atoms with E-state index < -0.39 is 5.97 Å². The van der Waals surface area contributed by atoms with E-state index in [0.29, 0.717) is 4.88 Å². The molecule has 2 amide bonds. The van der Waals surface area contributed by atoms with E-state index in [1.165, 1.54) is 16.9 Å². The van der Waals surface area contributed by atoms with Crippen LogP contribution in [0.2, 0.25) is 0 Å². The highest BCUT2D eigenvalue weighted by Crippen LogP contribution is 2.29. The van der Waals surface area contributed by atoms with Crippen molar-refractivity contribution in [2.24, 2.45) is 0 Å². The number of nitrogens with one attached hydrogen (secondary N) is 2. The number of esters is 1. The van der Waals surface area contributed by atoms with Crippen molar-refractivity contribution in [1.82, 2.24) is 10.6 Å². The van der Waals surface area contributed by atoms with E-state index in [-0.39, 0.29) is 37.4 Å². The van der Waals surface area contributed by atoms with E-state index in [0.717, 1.165) is 24.8 Å². The van der Waals surface area contributed by atoms with Gasteiger partial charge in [-0.25, -0.2) is 0 Å². The summed E-state index contributed by atoms with van der Waals surface area (Å²) in [5.41, 5.74) is 2.40. The van der Waals surface area contributed by atoms with Gasteiger partial charge >= 0.3 is 5.97 Å². The summed E-state index contributed by atoms with van der Waals surface area (Å²) >= 11 is 1.33. The lowest BCUT2D eigenvalue weighted by Gasteiger charge is -2.26. The van der Waals surface area contributed by atoms with E-state index in [4.69, 9.17) is 4.74 Å². The molecule has 2 N–H and O–H groups in total. The first-order chi connectivity index (χ1) is 13.1. The highest BCUT2D eigenvalue weighted by molar-refractivity contribution is 7.12. The Balaban J connectivity index is 1.37. The average molecular weight is 386 g/mol. The fourth-order valence-corrected chi connectivity index (χ4v) is 3.77. The summed E-state index contributed by atoms with van der Waals surface area (Å²) in [4.78, 5) is 36.2. The number of ether oxygens (including phenoxy) is 1. The van der Waals surface area contributed by atoms with Gasteiger partial charge in [-0.2, -0.15) is 0 Å². The number of carbonyl (C=O) groups is 3. The summed E-state index contributed by atoms with van der Waals surface area (Å²) in [6.45, 7) is -0.135. The molecule has 27 heavy (non-hydrogen) atoms. The molecule has 1 unspecified atom stereocenters. The van der Waals surface area contributed by atoms with Crippen molar-refractivity contribution >= 4 is 29.1 Å². The van der Waals surface area contributed by atoms with Crippen LogP contribution in [-0.2, 0) is 20.7 Å². The molecule has 1 atom stereocenters. The number of fused-ring (bicyclic) bond motifs is 1. The largest absolute Gasteiger partial charge is 0.456 e. The standard InChI is InChI=1S/C20H22N2O4S/c23-18(22-16-8-3-6-14-5-1-2-7-15(14)16)13-26-19(24)10-11-21-20(25)17-9-4-12-27-17/h1-2,4-5,7,9,12,16H,3,6,8,10-11,13H2,(H,21,25)(H,22,23). The minimum absolute atomic E-state index is 0.0245. The van der Waals surface area contributed by atoms with Crippen molar-refractivity contribution in [2.75, 3.05) is 13.2 Å². The molecule has 0 saturated heterocycles. The lowest BCUT2D eigenvalue weighted by atomic mass is 9.88. The van der Waals surface area contributed by atoms with Crippen molar-refractivity contribution in [3.8, 4) is 0 Å². The molecule has 1 aliphatic carbocycles. The molecule has 0 spiro atoms. The van der Waals surface area contributed by atoms with E-state index in [1.54, 1.807) is 12.1 Å². The van der Waals surface area contributed by atoms with Crippen molar-refractivity contribution in [3.63, 3.8) is 0 Å². The van der Waals surface area contributed by atoms with Crippen LogP contribution in [0.15, 0.2) is 41.8 Å².